The van der Waals surface area contributed by atoms with Crippen molar-refractivity contribution in [2.24, 2.45) is 0 Å². The van der Waals surface area contributed by atoms with Gasteiger partial charge in [-0.25, -0.2) is 4.57 Å². The number of allylic oxidation sites excluding steroid dienone is 4. The van der Waals surface area contributed by atoms with Gasteiger partial charge in [0.25, 0.3) is 0 Å². The number of nitrogens with zero attached hydrogens (tertiary/aromatic N) is 1. The second-order valence-corrected chi connectivity index (χ2v) is 22.8. The van der Waals surface area contributed by atoms with Gasteiger partial charge in [-0.15, -0.1) is 0 Å². The molecular weight excluding hydrogens is 882 g/mol. The van der Waals surface area contributed by atoms with Crippen LogP contribution in [0.4, 0.5) is 0 Å². The Hall–Kier alpha value is -1.51. The summed E-state index contributed by atoms with van der Waals surface area (Å²) in [6.07, 6.45) is 61.1. The summed E-state index contributed by atoms with van der Waals surface area (Å²) in [5, 5.41) is 0. The molecule has 0 saturated heterocycles. The first-order chi connectivity index (χ1) is 33.5. The molecule has 0 heterocycles. The van der Waals surface area contributed by atoms with Crippen molar-refractivity contribution >= 4 is 19.8 Å². The number of esters is 2. The van der Waals surface area contributed by atoms with Crippen molar-refractivity contribution in [1.82, 2.24) is 0 Å². The van der Waals surface area contributed by atoms with Crippen LogP contribution >= 0.6 is 7.82 Å². The van der Waals surface area contributed by atoms with Gasteiger partial charge in [-0.1, -0.05) is 256 Å². The van der Waals surface area contributed by atoms with Crippen molar-refractivity contribution in [3.8, 4) is 0 Å². The fourth-order valence-corrected chi connectivity index (χ4v) is 9.38. The van der Waals surface area contributed by atoms with Crippen LogP contribution in [0.5, 0.6) is 0 Å². The molecule has 0 aromatic carbocycles. The molecule has 0 bridgehead atoms. The SMILES string of the molecule is CCCCC/C=C\C/C=C\CCCCCCCCCC(=O)OC(COC(=O)CCCCCCCCCCCCCCCCCCCCCCCCCCCCCC)COP(=O)(O)OCC[N+](C)(C)C. The van der Waals surface area contributed by atoms with Crippen LogP contribution in [0.25, 0.3) is 0 Å². The lowest BCUT2D eigenvalue weighted by atomic mass is 10.0. The Balaban J connectivity index is 4.06. The normalized spacial score (nSPS) is 13.4. The van der Waals surface area contributed by atoms with Crippen LogP contribution in [0.3, 0.4) is 0 Å². The molecule has 0 radical (unpaired) electrons. The highest BCUT2D eigenvalue weighted by Gasteiger charge is 2.27. The maximum Gasteiger partial charge on any atom is 0.472 e. The lowest BCUT2D eigenvalue weighted by Gasteiger charge is -2.24. The van der Waals surface area contributed by atoms with Crippen LogP contribution in [0.2, 0.25) is 0 Å². The molecule has 10 heteroatoms. The number of rotatable bonds is 55. The summed E-state index contributed by atoms with van der Waals surface area (Å²) >= 11 is 0. The van der Waals surface area contributed by atoms with Crippen LogP contribution < -0.4 is 0 Å². The maximum absolute atomic E-state index is 12.8. The zero-order chi connectivity index (χ0) is 50.6. The van der Waals surface area contributed by atoms with Crippen molar-refractivity contribution < 1.29 is 42.1 Å². The van der Waals surface area contributed by atoms with E-state index in [9.17, 15) is 19.0 Å². The van der Waals surface area contributed by atoms with E-state index in [0.717, 1.165) is 51.4 Å². The van der Waals surface area contributed by atoms with E-state index < -0.39 is 26.5 Å². The molecule has 2 atom stereocenters. The number of quaternary nitrogens is 1. The lowest BCUT2D eigenvalue weighted by Crippen LogP contribution is -2.37. The third-order valence-electron chi connectivity index (χ3n) is 13.2. The molecular formula is C59H115NO8P+. The smallest absolute Gasteiger partial charge is 0.462 e. The van der Waals surface area contributed by atoms with E-state index in [4.69, 9.17) is 18.5 Å². The second-order valence-electron chi connectivity index (χ2n) is 21.4. The molecule has 0 aliphatic heterocycles. The average Bonchev–Trinajstić information content (AvgIpc) is 3.31. The van der Waals surface area contributed by atoms with Crippen molar-refractivity contribution in [1.29, 1.82) is 0 Å². The monoisotopic (exact) mass is 997 g/mol. The van der Waals surface area contributed by atoms with Gasteiger partial charge < -0.3 is 18.9 Å². The van der Waals surface area contributed by atoms with E-state index in [-0.39, 0.29) is 25.6 Å². The van der Waals surface area contributed by atoms with Gasteiger partial charge in [-0.05, 0) is 44.9 Å². The topological polar surface area (TPSA) is 108 Å². The standard InChI is InChI=1S/C59H114NO8P/c1-6-8-10-12-14-16-18-20-22-24-25-26-27-28-29-30-31-32-33-34-36-37-39-41-43-45-47-49-51-58(61)65-55-57(56-67-69(63,64)66-54-53-60(3,4)5)68-59(62)52-50-48-46-44-42-40-38-35-23-21-19-17-15-13-11-9-7-2/h15,17,21,23,57H,6-14,16,18-20,22,24-56H2,1-5H3/p+1/b17-15-,23-21-. The summed E-state index contributed by atoms with van der Waals surface area (Å²) in [5.41, 5.74) is 0. The summed E-state index contributed by atoms with van der Waals surface area (Å²) in [7, 11) is 1.48. The Kier molecular flexibility index (Phi) is 50.3. The zero-order valence-electron chi connectivity index (χ0n) is 46.3. The van der Waals surface area contributed by atoms with E-state index in [2.05, 4.69) is 38.2 Å². The quantitative estimate of drug-likeness (QED) is 0.0211. The number of phosphoric acid groups is 1. The van der Waals surface area contributed by atoms with Crippen LogP contribution in [0.15, 0.2) is 24.3 Å². The van der Waals surface area contributed by atoms with Gasteiger partial charge in [-0.2, -0.15) is 0 Å². The first kappa shape index (κ1) is 67.5. The summed E-state index contributed by atoms with van der Waals surface area (Å²) in [5.74, 6) is -0.791. The number of carbonyl (C=O) groups excluding carboxylic acids is 2. The maximum atomic E-state index is 12.8. The van der Waals surface area contributed by atoms with Crippen molar-refractivity contribution in [2.45, 2.75) is 296 Å². The molecule has 0 aromatic heterocycles. The number of likely N-dealkylation sites (N-methyl/N-ethyl adjacent to an activating group) is 1. The fourth-order valence-electron chi connectivity index (χ4n) is 8.64. The van der Waals surface area contributed by atoms with E-state index in [1.807, 2.05) is 21.1 Å². The van der Waals surface area contributed by atoms with Gasteiger partial charge in [-0.3, -0.25) is 18.6 Å². The molecule has 69 heavy (non-hydrogen) atoms. The minimum Gasteiger partial charge on any atom is -0.462 e. The molecule has 0 fully saturated rings. The summed E-state index contributed by atoms with van der Waals surface area (Å²) in [6, 6.07) is 0. The van der Waals surface area contributed by atoms with Crippen LogP contribution in [-0.2, 0) is 32.7 Å². The molecule has 0 spiro atoms. The van der Waals surface area contributed by atoms with E-state index in [1.165, 1.54) is 205 Å². The highest BCUT2D eigenvalue weighted by Crippen LogP contribution is 2.43. The zero-order valence-corrected chi connectivity index (χ0v) is 47.2. The van der Waals surface area contributed by atoms with Crippen molar-refractivity contribution in [3.63, 3.8) is 0 Å². The Morgan fingerprint density at radius 1 is 0.449 bits per heavy atom. The highest BCUT2D eigenvalue weighted by atomic mass is 31.2. The number of carbonyl (C=O) groups is 2. The third kappa shape index (κ3) is 55.7. The van der Waals surface area contributed by atoms with Gasteiger partial charge in [0.05, 0.1) is 27.7 Å². The first-order valence-corrected chi connectivity index (χ1v) is 31.1. The third-order valence-corrected chi connectivity index (χ3v) is 14.2. The molecule has 408 valence electrons. The van der Waals surface area contributed by atoms with Gasteiger partial charge in [0, 0.05) is 12.8 Å². The molecule has 0 aliphatic rings. The fraction of sp³-hybridized carbons (Fsp3) is 0.898. The predicted molar refractivity (Wildman–Crippen MR) is 294 cm³/mol. The number of unbranched alkanes of at least 4 members (excludes halogenated alkanes) is 37. The highest BCUT2D eigenvalue weighted by molar-refractivity contribution is 7.47. The van der Waals surface area contributed by atoms with Crippen LogP contribution in [0.1, 0.15) is 290 Å². The van der Waals surface area contributed by atoms with E-state index in [0.29, 0.717) is 23.9 Å². The number of hydrogen-bond acceptors (Lipinski definition) is 7. The van der Waals surface area contributed by atoms with E-state index in [1.54, 1.807) is 0 Å². The van der Waals surface area contributed by atoms with Gasteiger partial charge in [0.2, 0.25) is 0 Å². The van der Waals surface area contributed by atoms with Gasteiger partial charge in [0.1, 0.15) is 19.8 Å². The second kappa shape index (κ2) is 51.4. The Morgan fingerprint density at radius 3 is 1.17 bits per heavy atom. The Bertz CT molecular complexity index is 1220. The average molecular weight is 998 g/mol. The number of hydrogen-bond donors (Lipinski definition) is 1. The van der Waals surface area contributed by atoms with E-state index >= 15 is 0 Å². The molecule has 1 N–H and O–H groups in total. The Morgan fingerprint density at radius 2 is 0.783 bits per heavy atom. The van der Waals surface area contributed by atoms with Gasteiger partial charge >= 0.3 is 19.8 Å². The molecule has 0 rings (SSSR count). The van der Waals surface area contributed by atoms with Crippen LogP contribution in [0, 0.1) is 0 Å². The van der Waals surface area contributed by atoms with Crippen molar-refractivity contribution in [2.75, 3.05) is 47.5 Å². The molecule has 0 saturated carbocycles. The molecule has 0 amide bonds. The predicted octanol–water partition coefficient (Wildman–Crippen LogP) is 18.2. The van der Waals surface area contributed by atoms with Crippen molar-refractivity contribution in [3.05, 3.63) is 24.3 Å². The molecule has 0 aromatic rings. The summed E-state index contributed by atoms with van der Waals surface area (Å²) in [4.78, 5) is 35.7. The van der Waals surface area contributed by atoms with Gasteiger partial charge in [0.15, 0.2) is 6.10 Å². The summed E-state index contributed by atoms with van der Waals surface area (Å²) in [6.45, 7) is 4.45. The Labute approximate surface area is 428 Å². The number of phosphoric ester groups is 1. The summed E-state index contributed by atoms with van der Waals surface area (Å²) < 4.78 is 34.6. The minimum atomic E-state index is -4.38. The number of ether oxygens (including phenoxy) is 2. The first-order valence-electron chi connectivity index (χ1n) is 29.6. The molecule has 2 unspecified atom stereocenters. The lowest BCUT2D eigenvalue weighted by molar-refractivity contribution is -0.870. The minimum absolute atomic E-state index is 0.0323. The molecule has 0 aliphatic carbocycles. The largest absolute Gasteiger partial charge is 0.472 e. The van der Waals surface area contributed by atoms with Crippen LogP contribution in [-0.4, -0.2) is 74.9 Å². The molecule has 9 nitrogen and oxygen atoms in total.